The van der Waals surface area contributed by atoms with E-state index in [4.69, 9.17) is 26.2 Å². The molecule has 1 aromatic heterocycles. The van der Waals surface area contributed by atoms with Gasteiger partial charge in [0.1, 0.15) is 24.0 Å². The van der Waals surface area contributed by atoms with Crippen molar-refractivity contribution in [2.24, 2.45) is 0 Å². The van der Waals surface area contributed by atoms with E-state index in [0.717, 1.165) is 53.4 Å². The summed E-state index contributed by atoms with van der Waals surface area (Å²) in [5.74, 6) is 0.253. The first-order chi connectivity index (χ1) is 20.5. The first kappa shape index (κ1) is 27.9. The number of halogens is 2. The maximum Gasteiger partial charge on any atom is 0.274 e. The molecule has 42 heavy (non-hydrogen) atoms. The molecule has 1 N–H and O–H groups in total. The van der Waals surface area contributed by atoms with Crippen LogP contribution in [0.15, 0.2) is 84.9 Å². The van der Waals surface area contributed by atoms with Crippen molar-refractivity contribution in [2.75, 3.05) is 7.11 Å². The van der Waals surface area contributed by atoms with Crippen molar-refractivity contribution in [3.05, 3.63) is 107 Å². The summed E-state index contributed by atoms with van der Waals surface area (Å²) in [6, 6.07) is 26.0. The third-order valence-corrected chi connectivity index (χ3v) is 8.08. The van der Waals surface area contributed by atoms with Gasteiger partial charge in [0.2, 0.25) is 0 Å². The average molecular weight is 584 g/mol. The molecule has 1 amide bonds. The molecule has 0 spiro atoms. The lowest BCUT2D eigenvalue weighted by molar-refractivity contribution is 0.0537. The molecule has 6 rings (SSSR count). The average Bonchev–Trinajstić information content (AvgIpc) is 3.40. The fourth-order valence-electron chi connectivity index (χ4n) is 5.79. The van der Waals surface area contributed by atoms with Gasteiger partial charge in [-0.25, -0.2) is 14.9 Å². The number of hydrogen-bond donors (Lipinski definition) is 1. The number of rotatable bonds is 8. The smallest absolute Gasteiger partial charge is 0.274 e. The number of nitrogens with one attached hydrogen (secondary N) is 1. The number of aromatic nitrogens is 2. The lowest BCUT2D eigenvalue weighted by atomic mass is 9.95. The van der Waals surface area contributed by atoms with Crippen LogP contribution in [0.4, 0.5) is 4.39 Å². The van der Waals surface area contributed by atoms with Crippen LogP contribution in [0.1, 0.15) is 54.1 Å². The second kappa shape index (κ2) is 12.3. The zero-order valence-electron chi connectivity index (χ0n) is 23.3. The lowest BCUT2D eigenvalue weighted by Crippen LogP contribution is -2.22. The Kier molecular flexibility index (Phi) is 8.22. The summed E-state index contributed by atoms with van der Waals surface area (Å²) in [5.41, 5.74) is 7.65. The Morgan fingerprint density at radius 3 is 2.50 bits per heavy atom. The minimum Gasteiger partial charge on any atom is -0.489 e. The van der Waals surface area contributed by atoms with Crippen LogP contribution in [0.25, 0.3) is 33.5 Å². The Labute approximate surface area is 249 Å². The van der Waals surface area contributed by atoms with E-state index in [2.05, 4.69) is 16.1 Å². The molecule has 1 heterocycles. The molecule has 1 saturated carbocycles. The number of carbonyl (C=O) groups is 1. The van der Waals surface area contributed by atoms with Crippen LogP contribution in [0.2, 0.25) is 5.02 Å². The number of ether oxygens (including phenoxy) is 1. The number of carbonyl (C=O) groups excluding carboxylic acids is 1. The van der Waals surface area contributed by atoms with Gasteiger partial charge < -0.3 is 9.30 Å². The van der Waals surface area contributed by atoms with Gasteiger partial charge >= 0.3 is 0 Å². The van der Waals surface area contributed by atoms with Crippen LogP contribution in [0.3, 0.4) is 0 Å². The number of hydrogen-bond acceptors (Lipinski definition) is 4. The van der Waals surface area contributed by atoms with Crippen LogP contribution in [0.5, 0.6) is 5.75 Å². The van der Waals surface area contributed by atoms with Crippen molar-refractivity contribution in [3.8, 4) is 28.3 Å². The van der Waals surface area contributed by atoms with Gasteiger partial charge in [0.05, 0.1) is 23.7 Å². The summed E-state index contributed by atoms with van der Waals surface area (Å²) in [6.45, 7) is 0.117. The second-order valence-electron chi connectivity index (χ2n) is 10.5. The van der Waals surface area contributed by atoms with Crippen molar-refractivity contribution in [1.82, 2.24) is 15.0 Å². The normalized spacial score (nSPS) is 13.8. The van der Waals surface area contributed by atoms with Gasteiger partial charge in [-0.05, 0) is 78.1 Å². The molecule has 0 aliphatic heterocycles. The number of amides is 1. The van der Waals surface area contributed by atoms with Crippen LogP contribution < -0.4 is 10.2 Å². The SMILES string of the molecule is CONC(=O)c1ccc(-c2ccc(Cl)cc2)c(COc2ccc(-c3nc4ccccc4n3C3CCCCC3)c(F)c2)c1. The minimum atomic E-state index is -0.397. The first-order valence-corrected chi connectivity index (χ1v) is 14.5. The molecule has 1 fully saturated rings. The summed E-state index contributed by atoms with van der Waals surface area (Å²) in [6.07, 6.45) is 5.69. The number of para-hydroxylation sites is 2. The molecule has 1 aliphatic rings. The van der Waals surface area contributed by atoms with Gasteiger partial charge in [0.15, 0.2) is 0 Å². The lowest BCUT2D eigenvalue weighted by Gasteiger charge is -2.25. The Bertz CT molecular complexity index is 1730. The van der Waals surface area contributed by atoms with Crippen molar-refractivity contribution in [3.63, 3.8) is 0 Å². The summed E-state index contributed by atoms with van der Waals surface area (Å²) in [7, 11) is 1.38. The maximum atomic E-state index is 15.8. The highest BCUT2D eigenvalue weighted by atomic mass is 35.5. The van der Waals surface area contributed by atoms with E-state index in [9.17, 15) is 4.79 Å². The molecule has 5 aromatic rings. The summed E-state index contributed by atoms with van der Waals surface area (Å²) >= 11 is 6.10. The van der Waals surface area contributed by atoms with Gasteiger partial charge in [-0.15, -0.1) is 0 Å². The van der Waals surface area contributed by atoms with E-state index < -0.39 is 5.82 Å². The topological polar surface area (TPSA) is 65.4 Å². The fraction of sp³-hybridized carbons (Fsp3) is 0.235. The van der Waals surface area contributed by atoms with E-state index in [-0.39, 0.29) is 12.5 Å². The highest BCUT2D eigenvalue weighted by Crippen LogP contribution is 2.37. The first-order valence-electron chi connectivity index (χ1n) is 14.1. The van der Waals surface area contributed by atoms with Crippen molar-refractivity contribution < 1.29 is 18.8 Å². The highest BCUT2D eigenvalue weighted by Gasteiger charge is 2.24. The Morgan fingerprint density at radius 1 is 0.976 bits per heavy atom. The summed E-state index contributed by atoms with van der Waals surface area (Å²) in [5, 5.41) is 0.625. The standard InChI is InChI=1S/C34H31ClFN3O3/c1-41-38-34(40)23-13-17-28(22-11-14-25(35)15-12-22)24(19-23)21-42-27-16-18-29(30(36)20-27)33-37-31-9-5-6-10-32(31)39(33)26-7-3-2-4-8-26/h5-6,9-20,26H,2-4,7-8,21H2,1H3,(H,38,40). The van der Waals surface area contributed by atoms with Crippen LogP contribution in [0, 0.1) is 5.82 Å². The van der Waals surface area contributed by atoms with Gasteiger partial charge in [-0.1, -0.05) is 61.2 Å². The molecule has 0 saturated heterocycles. The molecule has 0 radical (unpaired) electrons. The van der Waals surface area contributed by atoms with Gasteiger partial charge in [0, 0.05) is 22.7 Å². The van der Waals surface area contributed by atoms with E-state index in [0.29, 0.717) is 33.8 Å². The molecule has 6 nitrogen and oxygen atoms in total. The number of hydroxylamine groups is 1. The number of nitrogens with zero attached hydrogens (tertiary/aromatic N) is 2. The Balaban J connectivity index is 1.30. The fourth-order valence-corrected chi connectivity index (χ4v) is 5.91. The van der Waals surface area contributed by atoms with Gasteiger partial charge in [-0.3, -0.25) is 9.63 Å². The largest absolute Gasteiger partial charge is 0.489 e. The summed E-state index contributed by atoms with van der Waals surface area (Å²) < 4.78 is 24.1. The van der Waals surface area contributed by atoms with Crippen molar-refractivity contribution >= 4 is 28.5 Å². The van der Waals surface area contributed by atoms with Crippen LogP contribution in [-0.4, -0.2) is 22.6 Å². The highest BCUT2D eigenvalue weighted by molar-refractivity contribution is 6.30. The molecular weight excluding hydrogens is 553 g/mol. The number of imidazole rings is 1. The van der Waals surface area contributed by atoms with Crippen LogP contribution in [-0.2, 0) is 11.4 Å². The van der Waals surface area contributed by atoms with E-state index in [1.165, 1.54) is 19.6 Å². The van der Waals surface area contributed by atoms with E-state index in [1.807, 2.05) is 48.5 Å². The third-order valence-electron chi connectivity index (χ3n) is 7.83. The van der Waals surface area contributed by atoms with E-state index >= 15 is 4.39 Å². The molecule has 0 unspecified atom stereocenters. The molecule has 1 aliphatic carbocycles. The molecule has 8 heteroatoms. The van der Waals surface area contributed by atoms with Crippen molar-refractivity contribution in [1.29, 1.82) is 0 Å². The molecule has 214 valence electrons. The number of benzene rings is 4. The summed E-state index contributed by atoms with van der Waals surface area (Å²) in [4.78, 5) is 22.1. The predicted molar refractivity (Wildman–Crippen MR) is 163 cm³/mol. The quantitative estimate of drug-likeness (QED) is 0.186. The zero-order chi connectivity index (χ0) is 29.1. The zero-order valence-corrected chi connectivity index (χ0v) is 24.0. The number of fused-ring (bicyclic) bond motifs is 1. The van der Waals surface area contributed by atoms with Crippen molar-refractivity contribution in [2.45, 2.75) is 44.8 Å². The molecule has 0 bridgehead atoms. The molecule has 0 atom stereocenters. The Hall–Kier alpha value is -4.20. The maximum absolute atomic E-state index is 15.8. The monoisotopic (exact) mass is 583 g/mol. The van der Waals surface area contributed by atoms with E-state index in [1.54, 1.807) is 24.3 Å². The predicted octanol–water partition coefficient (Wildman–Crippen LogP) is 8.54. The van der Waals surface area contributed by atoms with Gasteiger partial charge in [0.25, 0.3) is 5.91 Å². The molecule has 4 aromatic carbocycles. The second-order valence-corrected chi connectivity index (χ2v) is 11.0. The third kappa shape index (κ3) is 5.75. The van der Waals surface area contributed by atoms with Gasteiger partial charge in [-0.2, -0.15) is 0 Å². The minimum absolute atomic E-state index is 0.117. The molecular formula is C34H31ClFN3O3. The Morgan fingerprint density at radius 2 is 1.74 bits per heavy atom. The van der Waals surface area contributed by atoms with Crippen LogP contribution >= 0.6 is 11.6 Å².